The highest BCUT2D eigenvalue weighted by atomic mass is 19.1. The Morgan fingerprint density at radius 3 is 2.80 bits per heavy atom. The highest BCUT2D eigenvalue weighted by Crippen LogP contribution is 2.10. The van der Waals surface area contributed by atoms with Crippen molar-refractivity contribution in [3.05, 3.63) is 59.0 Å². The molecule has 0 fully saturated rings. The molecule has 1 aromatic heterocycles. The van der Waals surface area contributed by atoms with Crippen LogP contribution in [0.4, 0.5) is 10.2 Å². The summed E-state index contributed by atoms with van der Waals surface area (Å²) in [7, 11) is 0. The SMILES string of the molecule is Cc1cc(C(=O)NCc2ccccc2F)cc(NN)n1. The third kappa shape index (κ3) is 3.30. The molecule has 0 spiro atoms. The predicted molar refractivity (Wildman–Crippen MR) is 74.4 cm³/mol. The van der Waals surface area contributed by atoms with Gasteiger partial charge in [-0.25, -0.2) is 15.2 Å². The highest BCUT2D eigenvalue weighted by molar-refractivity contribution is 5.94. The number of nitrogen functional groups attached to an aromatic ring is 1. The second-order valence-electron chi connectivity index (χ2n) is 4.30. The number of benzene rings is 1. The van der Waals surface area contributed by atoms with E-state index in [4.69, 9.17) is 5.84 Å². The van der Waals surface area contributed by atoms with Crippen molar-refractivity contribution >= 4 is 11.7 Å². The number of aromatic nitrogens is 1. The summed E-state index contributed by atoms with van der Waals surface area (Å²) in [4.78, 5) is 16.1. The fraction of sp³-hybridized carbons (Fsp3) is 0.143. The Kier molecular flexibility index (Phi) is 4.27. The Labute approximate surface area is 116 Å². The van der Waals surface area contributed by atoms with Gasteiger partial charge in [-0.15, -0.1) is 0 Å². The molecular weight excluding hydrogens is 259 g/mol. The fourth-order valence-corrected chi connectivity index (χ4v) is 1.79. The highest BCUT2D eigenvalue weighted by Gasteiger charge is 2.09. The summed E-state index contributed by atoms with van der Waals surface area (Å²) in [5.74, 6) is 5.03. The molecule has 104 valence electrons. The molecule has 0 atom stereocenters. The van der Waals surface area contributed by atoms with Crippen molar-refractivity contribution in [1.29, 1.82) is 0 Å². The van der Waals surface area contributed by atoms with E-state index in [2.05, 4.69) is 15.7 Å². The summed E-state index contributed by atoms with van der Waals surface area (Å²) in [6.45, 7) is 1.88. The standard InChI is InChI=1S/C14H15FN4O/c1-9-6-11(7-13(18-9)19-16)14(20)17-8-10-4-2-3-5-12(10)15/h2-7H,8,16H2,1H3,(H,17,20)(H,18,19). The van der Waals surface area contributed by atoms with E-state index in [0.717, 1.165) is 0 Å². The third-order valence-electron chi connectivity index (χ3n) is 2.76. The number of hydrogen-bond donors (Lipinski definition) is 3. The Bertz CT molecular complexity index is 630. The number of hydrogen-bond acceptors (Lipinski definition) is 4. The largest absolute Gasteiger partial charge is 0.348 e. The maximum atomic E-state index is 13.4. The second kappa shape index (κ2) is 6.12. The van der Waals surface area contributed by atoms with Crippen molar-refractivity contribution in [2.24, 2.45) is 5.84 Å². The van der Waals surface area contributed by atoms with Crippen LogP contribution in [0.15, 0.2) is 36.4 Å². The van der Waals surface area contributed by atoms with Gasteiger partial charge in [0, 0.05) is 23.4 Å². The number of amides is 1. The quantitative estimate of drug-likeness (QED) is 0.586. The number of hydrazine groups is 1. The molecule has 1 amide bonds. The minimum atomic E-state index is -0.344. The monoisotopic (exact) mass is 274 g/mol. The number of carbonyl (C=O) groups excluding carboxylic acids is 1. The topological polar surface area (TPSA) is 80.0 Å². The molecule has 2 aromatic rings. The van der Waals surface area contributed by atoms with Gasteiger partial charge in [0.05, 0.1) is 0 Å². The number of nitrogens with one attached hydrogen (secondary N) is 2. The molecule has 1 heterocycles. The molecule has 4 N–H and O–H groups in total. The molecule has 5 nitrogen and oxygen atoms in total. The summed E-state index contributed by atoms with van der Waals surface area (Å²) in [5.41, 5.74) is 3.91. The van der Waals surface area contributed by atoms with Crippen molar-refractivity contribution in [3.63, 3.8) is 0 Å². The molecule has 0 saturated carbocycles. The molecule has 0 saturated heterocycles. The molecule has 0 aliphatic heterocycles. The van der Waals surface area contributed by atoms with E-state index in [0.29, 0.717) is 22.6 Å². The smallest absolute Gasteiger partial charge is 0.251 e. The van der Waals surface area contributed by atoms with Crippen molar-refractivity contribution in [3.8, 4) is 0 Å². The van der Waals surface area contributed by atoms with Crippen LogP contribution in [0.2, 0.25) is 0 Å². The van der Waals surface area contributed by atoms with E-state index in [1.807, 2.05) is 0 Å². The van der Waals surface area contributed by atoms with Gasteiger partial charge in [-0.3, -0.25) is 4.79 Å². The van der Waals surface area contributed by atoms with Crippen LogP contribution in [0.5, 0.6) is 0 Å². The van der Waals surface area contributed by atoms with Gasteiger partial charge in [-0.05, 0) is 25.1 Å². The molecule has 6 heteroatoms. The lowest BCUT2D eigenvalue weighted by Gasteiger charge is -2.08. The Balaban J connectivity index is 2.09. The molecule has 0 bridgehead atoms. The summed E-state index contributed by atoms with van der Waals surface area (Å²) in [6, 6.07) is 9.47. The maximum absolute atomic E-state index is 13.4. The molecule has 2 rings (SSSR count). The van der Waals surface area contributed by atoms with Gasteiger partial charge in [0.2, 0.25) is 0 Å². The number of pyridine rings is 1. The lowest BCUT2D eigenvalue weighted by atomic mass is 10.2. The van der Waals surface area contributed by atoms with Crippen molar-refractivity contribution < 1.29 is 9.18 Å². The van der Waals surface area contributed by atoms with Gasteiger partial charge in [0.1, 0.15) is 11.6 Å². The van der Waals surface area contributed by atoms with Crippen LogP contribution in [0, 0.1) is 12.7 Å². The Morgan fingerprint density at radius 2 is 2.10 bits per heavy atom. The number of aryl methyl sites for hydroxylation is 1. The molecule has 0 radical (unpaired) electrons. The third-order valence-corrected chi connectivity index (χ3v) is 2.76. The second-order valence-corrected chi connectivity index (χ2v) is 4.30. The van der Waals surface area contributed by atoms with Crippen molar-refractivity contribution in [1.82, 2.24) is 10.3 Å². The average molecular weight is 274 g/mol. The first-order chi connectivity index (χ1) is 9.60. The summed E-state index contributed by atoms with van der Waals surface area (Å²) < 4.78 is 13.4. The van der Waals surface area contributed by atoms with E-state index in [1.165, 1.54) is 12.1 Å². The minimum Gasteiger partial charge on any atom is -0.348 e. The van der Waals surface area contributed by atoms with Gasteiger partial charge in [0.25, 0.3) is 5.91 Å². The van der Waals surface area contributed by atoms with Crippen LogP contribution in [-0.2, 0) is 6.54 Å². The molecule has 0 aliphatic rings. The van der Waals surface area contributed by atoms with E-state index >= 15 is 0 Å². The van der Waals surface area contributed by atoms with Crippen LogP contribution in [0.1, 0.15) is 21.6 Å². The molecule has 1 aromatic carbocycles. The maximum Gasteiger partial charge on any atom is 0.251 e. The summed E-state index contributed by atoms with van der Waals surface area (Å²) in [5, 5.41) is 2.66. The zero-order valence-electron chi connectivity index (χ0n) is 11.0. The fourth-order valence-electron chi connectivity index (χ4n) is 1.79. The van der Waals surface area contributed by atoms with E-state index < -0.39 is 0 Å². The average Bonchev–Trinajstić information content (AvgIpc) is 2.45. The van der Waals surface area contributed by atoms with E-state index in [1.54, 1.807) is 31.2 Å². The van der Waals surface area contributed by atoms with Crippen LogP contribution < -0.4 is 16.6 Å². The van der Waals surface area contributed by atoms with Gasteiger partial charge in [-0.2, -0.15) is 0 Å². The number of rotatable bonds is 4. The predicted octanol–water partition coefficient (Wildman–Crippen LogP) is 1.74. The number of halogens is 1. The van der Waals surface area contributed by atoms with Gasteiger partial charge in [-0.1, -0.05) is 18.2 Å². The minimum absolute atomic E-state index is 0.123. The first kappa shape index (κ1) is 14.0. The molecule has 20 heavy (non-hydrogen) atoms. The lowest BCUT2D eigenvalue weighted by Crippen LogP contribution is -2.24. The number of nitrogens with zero attached hydrogens (tertiary/aromatic N) is 1. The zero-order valence-corrected chi connectivity index (χ0v) is 11.0. The Morgan fingerprint density at radius 1 is 1.35 bits per heavy atom. The Hall–Kier alpha value is -2.47. The first-order valence-electron chi connectivity index (χ1n) is 6.07. The molecule has 0 aliphatic carbocycles. The summed E-state index contributed by atoms with van der Waals surface area (Å²) >= 11 is 0. The van der Waals surface area contributed by atoms with E-state index in [-0.39, 0.29) is 18.3 Å². The van der Waals surface area contributed by atoms with E-state index in [9.17, 15) is 9.18 Å². The first-order valence-corrected chi connectivity index (χ1v) is 6.07. The van der Waals surface area contributed by atoms with Crippen LogP contribution in [0.25, 0.3) is 0 Å². The number of anilines is 1. The van der Waals surface area contributed by atoms with Crippen LogP contribution >= 0.6 is 0 Å². The van der Waals surface area contributed by atoms with Crippen molar-refractivity contribution in [2.45, 2.75) is 13.5 Å². The molecule has 0 unspecified atom stereocenters. The van der Waals surface area contributed by atoms with Gasteiger partial charge in [0.15, 0.2) is 0 Å². The van der Waals surface area contributed by atoms with Crippen LogP contribution in [0.3, 0.4) is 0 Å². The van der Waals surface area contributed by atoms with Crippen molar-refractivity contribution in [2.75, 3.05) is 5.43 Å². The van der Waals surface area contributed by atoms with Crippen LogP contribution in [-0.4, -0.2) is 10.9 Å². The number of carbonyl (C=O) groups is 1. The summed E-state index contributed by atoms with van der Waals surface area (Å²) in [6.07, 6.45) is 0. The zero-order chi connectivity index (χ0) is 14.5. The van der Waals surface area contributed by atoms with Gasteiger partial charge >= 0.3 is 0 Å². The normalized spacial score (nSPS) is 10.2. The molecular formula is C14H15FN4O. The number of nitrogens with two attached hydrogens (primary N) is 1. The van der Waals surface area contributed by atoms with Gasteiger partial charge < -0.3 is 10.7 Å². The lowest BCUT2D eigenvalue weighted by molar-refractivity contribution is 0.0950.